The first-order valence-electron chi connectivity index (χ1n) is 9.86. The Morgan fingerprint density at radius 3 is 2.71 bits per heavy atom. The zero-order chi connectivity index (χ0) is 16.4. The van der Waals surface area contributed by atoms with E-state index in [1.165, 1.54) is 76.0 Å². The fourth-order valence-corrected chi connectivity index (χ4v) is 4.60. The van der Waals surface area contributed by atoms with Crippen LogP contribution >= 0.6 is 0 Å². The molecule has 4 rings (SSSR count). The number of hydrogen-bond acceptors (Lipinski definition) is 4. The minimum atomic E-state index is 0.0991. The van der Waals surface area contributed by atoms with E-state index in [2.05, 4.69) is 9.80 Å². The molecule has 1 unspecified atom stereocenters. The van der Waals surface area contributed by atoms with Gasteiger partial charge in [0, 0.05) is 25.2 Å². The van der Waals surface area contributed by atoms with Crippen LogP contribution in [0.2, 0.25) is 0 Å². The highest BCUT2D eigenvalue weighted by molar-refractivity contribution is 5.20. The maximum absolute atomic E-state index is 12.4. The van der Waals surface area contributed by atoms with Crippen LogP contribution in [-0.4, -0.2) is 58.3 Å². The second-order valence-electron chi connectivity index (χ2n) is 7.72. The predicted octanol–water partition coefficient (Wildman–Crippen LogP) is 1.68. The zero-order valence-electron chi connectivity index (χ0n) is 14.8. The first-order chi connectivity index (χ1) is 11.8. The zero-order valence-corrected chi connectivity index (χ0v) is 14.8. The van der Waals surface area contributed by atoms with Crippen LogP contribution in [0.15, 0.2) is 10.9 Å². The third-order valence-corrected chi connectivity index (χ3v) is 6.06. The highest BCUT2D eigenvalue weighted by atomic mass is 16.1. The van der Waals surface area contributed by atoms with Crippen LogP contribution in [0, 0.1) is 0 Å². The third-order valence-electron chi connectivity index (χ3n) is 6.06. The molecule has 0 radical (unpaired) electrons. The van der Waals surface area contributed by atoms with Gasteiger partial charge in [-0.1, -0.05) is 0 Å². The fraction of sp³-hybridized carbons (Fsp3) is 0.789. The van der Waals surface area contributed by atoms with E-state index in [0.717, 1.165) is 25.9 Å². The quantitative estimate of drug-likeness (QED) is 0.824. The number of likely N-dealkylation sites (tertiary alicyclic amines) is 2. The second kappa shape index (κ2) is 7.36. The number of aromatic nitrogens is 2. The van der Waals surface area contributed by atoms with Crippen LogP contribution in [0.25, 0.3) is 0 Å². The van der Waals surface area contributed by atoms with Crippen molar-refractivity contribution < 1.29 is 0 Å². The lowest BCUT2D eigenvalue weighted by Gasteiger charge is -2.27. The molecule has 0 bridgehead atoms. The van der Waals surface area contributed by atoms with E-state index in [9.17, 15) is 4.79 Å². The predicted molar refractivity (Wildman–Crippen MR) is 95.4 cm³/mol. The molecule has 5 heteroatoms. The van der Waals surface area contributed by atoms with Gasteiger partial charge in [-0.2, -0.15) is 5.10 Å². The summed E-state index contributed by atoms with van der Waals surface area (Å²) in [6, 6.07) is 2.34. The number of fused-ring (bicyclic) bond motifs is 1. The Morgan fingerprint density at radius 2 is 1.83 bits per heavy atom. The van der Waals surface area contributed by atoms with Gasteiger partial charge in [0.1, 0.15) is 0 Å². The fourth-order valence-electron chi connectivity index (χ4n) is 4.60. The van der Waals surface area contributed by atoms with Crippen molar-refractivity contribution in [2.24, 2.45) is 0 Å². The summed E-state index contributed by atoms with van der Waals surface area (Å²) >= 11 is 0. The van der Waals surface area contributed by atoms with Crippen molar-refractivity contribution in [1.82, 2.24) is 19.6 Å². The third kappa shape index (κ3) is 3.57. The van der Waals surface area contributed by atoms with Crippen LogP contribution in [0.1, 0.15) is 49.8 Å². The normalized spacial score (nSPS) is 25.2. The molecule has 1 aliphatic carbocycles. The van der Waals surface area contributed by atoms with Crippen LogP contribution in [0.5, 0.6) is 0 Å². The summed E-state index contributed by atoms with van der Waals surface area (Å²) in [5.41, 5.74) is 2.46. The lowest BCUT2D eigenvalue weighted by molar-refractivity contribution is 0.193. The molecule has 132 valence electrons. The smallest absolute Gasteiger partial charge is 0.267 e. The van der Waals surface area contributed by atoms with Crippen molar-refractivity contribution in [1.29, 1.82) is 0 Å². The van der Waals surface area contributed by atoms with Crippen molar-refractivity contribution in [2.75, 3.05) is 32.7 Å². The van der Waals surface area contributed by atoms with E-state index in [0.29, 0.717) is 6.04 Å². The molecule has 0 aromatic carbocycles. The molecule has 1 aromatic rings. The Balaban J connectivity index is 1.41. The molecule has 3 aliphatic rings. The van der Waals surface area contributed by atoms with E-state index >= 15 is 0 Å². The molecule has 24 heavy (non-hydrogen) atoms. The van der Waals surface area contributed by atoms with Crippen molar-refractivity contribution in [2.45, 2.75) is 64.0 Å². The Kier molecular flexibility index (Phi) is 4.99. The van der Waals surface area contributed by atoms with Crippen LogP contribution < -0.4 is 5.56 Å². The Bertz CT molecular complexity index is 620. The number of rotatable bonds is 5. The molecule has 2 aliphatic heterocycles. The minimum Gasteiger partial charge on any atom is -0.302 e. The van der Waals surface area contributed by atoms with Gasteiger partial charge in [0.05, 0.1) is 12.2 Å². The van der Waals surface area contributed by atoms with Gasteiger partial charge >= 0.3 is 0 Å². The maximum Gasteiger partial charge on any atom is 0.267 e. The van der Waals surface area contributed by atoms with Gasteiger partial charge in [-0.05, 0) is 76.6 Å². The summed E-state index contributed by atoms with van der Waals surface area (Å²) in [6.07, 6.45) is 9.66. The molecule has 1 aromatic heterocycles. The van der Waals surface area contributed by atoms with Gasteiger partial charge in [-0.25, -0.2) is 4.68 Å². The largest absolute Gasteiger partial charge is 0.302 e. The molecule has 0 saturated carbocycles. The first-order valence-corrected chi connectivity index (χ1v) is 9.86. The van der Waals surface area contributed by atoms with Gasteiger partial charge in [-0.3, -0.25) is 9.69 Å². The second-order valence-corrected chi connectivity index (χ2v) is 7.72. The van der Waals surface area contributed by atoms with Crippen LogP contribution in [0.3, 0.4) is 0 Å². The van der Waals surface area contributed by atoms with Gasteiger partial charge in [0.15, 0.2) is 0 Å². The summed E-state index contributed by atoms with van der Waals surface area (Å²) in [5.74, 6) is 0. The van der Waals surface area contributed by atoms with Crippen molar-refractivity contribution in [3.05, 3.63) is 27.7 Å². The van der Waals surface area contributed by atoms with Gasteiger partial charge in [-0.15, -0.1) is 0 Å². The Morgan fingerprint density at radius 1 is 1.00 bits per heavy atom. The summed E-state index contributed by atoms with van der Waals surface area (Å²) in [5, 5.41) is 4.72. The molecule has 5 nitrogen and oxygen atoms in total. The highest BCUT2D eigenvalue weighted by Gasteiger charge is 2.26. The van der Waals surface area contributed by atoms with E-state index in [-0.39, 0.29) is 5.56 Å². The molecule has 3 heterocycles. The summed E-state index contributed by atoms with van der Waals surface area (Å²) in [6.45, 7) is 6.81. The highest BCUT2D eigenvalue weighted by Crippen LogP contribution is 2.20. The maximum atomic E-state index is 12.4. The Hall–Kier alpha value is -1.20. The lowest BCUT2D eigenvalue weighted by atomic mass is 9.97. The molecular weight excluding hydrogens is 300 g/mol. The van der Waals surface area contributed by atoms with E-state index < -0.39 is 0 Å². The van der Waals surface area contributed by atoms with Crippen molar-refractivity contribution in [3.8, 4) is 0 Å². The monoisotopic (exact) mass is 330 g/mol. The first kappa shape index (κ1) is 16.3. The van der Waals surface area contributed by atoms with Crippen LogP contribution in [-0.2, 0) is 19.4 Å². The SMILES string of the molecule is O=c1cc2c(nn1CC1CCCN1CCN1CCCC1)CCCC2. The molecule has 0 amide bonds. The number of hydrogen-bond donors (Lipinski definition) is 0. The summed E-state index contributed by atoms with van der Waals surface area (Å²) < 4.78 is 1.75. The van der Waals surface area contributed by atoms with Crippen LogP contribution in [0.4, 0.5) is 0 Å². The lowest BCUT2D eigenvalue weighted by Crippen LogP contribution is -2.41. The summed E-state index contributed by atoms with van der Waals surface area (Å²) in [7, 11) is 0. The molecule has 0 N–H and O–H groups in total. The molecule has 1 atom stereocenters. The van der Waals surface area contributed by atoms with Gasteiger partial charge in [0.25, 0.3) is 5.56 Å². The Labute approximate surface area is 144 Å². The number of nitrogens with zero attached hydrogens (tertiary/aromatic N) is 4. The van der Waals surface area contributed by atoms with Gasteiger partial charge < -0.3 is 4.90 Å². The van der Waals surface area contributed by atoms with E-state index in [4.69, 9.17) is 5.10 Å². The molecule has 0 spiro atoms. The summed E-state index contributed by atoms with van der Waals surface area (Å²) in [4.78, 5) is 17.6. The number of aryl methyl sites for hydroxylation is 2. The van der Waals surface area contributed by atoms with Gasteiger partial charge in [0.2, 0.25) is 0 Å². The van der Waals surface area contributed by atoms with Crippen molar-refractivity contribution >= 4 is 0 Å². The minimum absolute atomic E-state index is 0.0991. The topological polar surface area (TPSA) is 41.4 Å². The standard InChI is InChI=1S/C19H30N4O/c24-19-14-16-6-1-2-8-18(16)20-23(19)15-17-7-5-11-22(17)13-12-21-9-3-4-10-21/h14,17H,1-13,15H2. The molecule has 2 saturated heterocycles. The van der Waals surface area contributed by atoms with Crippen molar-refractivity contribution in [3.63, 3.8) is 0 Å². The average Bonchev–Trinajstić information content (AvgIpc) is 3.25. The average molecular weight is 330 g/mol. The molecular formula is C19H30N4O. The van der Waals surface area contributed by atoms with E-state index in [1.807, 2.05) is 6.07 Å². The molecule has 2 fully saturated rings. The van der Waals surface area contributed by atoms with E-state index in [1.54, 1.807) is 4.68 Å².